The van der Waals surface area contributed by atoms with Crippen molar-refractivity contribution in [2.24, 2.45) is 0 Å². The number of nitrogens with zero attached hydrogens (tertiary/aromatic N) is 1. The maximum atomic E-state index is 5.67. The van der Waals surface area contributed by atoms with Crippen LogP contribution in [0.15, 0.2) is 121 Å². The van der Waals surface area contributed by atoms with Crippen LogP contribution in [0.25, 0.3) is 43.8 Å². The van der Waals surface area contributed by atoms with Crippen LogP contribution >= 0.6 is 0 Å². The van der Waals surface area contributed by atoms with Crippen molar-refractivity contribution in [3.63, 3.8) is 0 Å². The lowest BCUT2D eigenvalue weighted by Crippen LogP contribution is -2.54. The molecule has 6 aromatic carbocycles. The summed E-state index contributed by atoms with van der Waals surface area (Å²) in [5.41, 5.74) is 9.23. The zero-order valence-corrected chi connectivity index (χ0v) is 25.2. The molecule has 1 aliphatic heterocycles. The third-order valence-electron chi connectivity index (χ3n) is 10.7. The van der Waals surface area contributed by atoms with Gasteiger partial charge in [-0.15, -0.1) is 0 Å². The van der Waals surface area contributed by atoms with Crippen LogP contribution in [-0.4, -0.2) is 12.6 Å². The van der Waals surface area contributed by atoms with Gasteiger partial charge in [0, 0.05) is 22.9 Å². The summed E-state index contributed by atoms with van der Waals surface area (Å²) in [6, 6.07) is 44.7. The fourth-order valence-electron chi connectivity index (χ4n) is 8.40. The number of hydrogen-bond acceptors (Lipinski definition) is 2. The number of rotatable bonds is 4. The van der Waals surface area contributed by atoms with Gasteiger partial charge in [0.15, 0.2) is 0 Å². The third kappa shape index (κ3) is 3.72. The van der Waals surface area contributed by atoms with Crippen molar-refractivity contribution in [2.75, 3.05) is 12.0 Å². The van der Waals surface area contributed by atoms with Gasteiger partial charge in [0.2, 0.25) is 0 Å². The first-order chi connectivity index (χ1) is 21.0. The van der Waals surface area contributed by atoms with E-state index in [1.165, 1.54) is 86.4 Å². The van der Waals surface area contributed by atoms with E-state index in [0.29, 0.717) is 0 Å². The van der Waals surface area contributed by atoms with E-state index in [-0.39, 0.29) is 11.0 Å². The van der Waals surface area contributed by atoms with Crippen molar-refractivity contribution in [1.82, 2.24) is 0 Å². The Morgan fingerprint density at radius 2 is 1.19 bits per heavy atom. The number of ether oxygens (including phenoxy) is 1. The number of fused-ring (bicyclic) bond motifs is 5. The lowest BCUT2D eigenvalue weighted by atomic mass is 9.61. The van der Waals surface area contributed by atoms with E-state index < -0.39 is 0 Å². The van der Waals surface area contributed by atoms with Crippen LogP contribution < -0.4 is 9.64 Å². The van der Waals surface area contributed by atoms with Crippen molar-refractivity contribution in [2.45, 2.75) is 50.5 Å². The number of anilines is 2. The van der Waals surface area contributed by atoms with Gasteiger partial charge in [-0.25, -0.2) is 0 Å². The van der Waals surface area contributed by atoms with Crippen LogP contribution in [0.3, 0.4) is 0 Å². The van der Waals surface area contributed by atoms with Crippen LogP contribution in [0, 0.1) is 0 Å². The fourth-order valence-corrected chi connectivity index (χ4v) is 8.40. The molecule has 0 radical (unpaired) electrons. The highest BCUT2D eigenvalue weighted by atomic mass is 16.5. The molecule has 212 valence electrons. The van der Waals surface area contributed by atoms with Gasteiger partial charge in [-0.05, 0) is 93.4 Å². The van der Waals surface area contributed by atoms with Gasteiger partial charge in [-0.1, -0.05) is 111 Å². The molecule has 2 aliphatic rings. The summed E-state index contributed by atoms with van der Waals surface area (Å²) in [6.07, 6.45) is 4.88. The zero-order chi connectivity index (χ0) is 29.2. The van der Waals surface area contributed by atoms with Crippen molar-refractivity contribution < 1.29 is 4.74 Å². The Kier molecular flexibility index (Phi) is 5.91. The molecule has 1 heterocycles. The van der Waals surface area contributed by atoms with E-state index in [4.69, 9.17) is 4.74 Å². The van der Waals surface area contributed by atoms with E-state index in [0.717, 1.165) is 5.75 Å². The second kappa shape index (κ2) is 9.74. The summed E-state index contributed by atoms with van der Waals surface area (Å²) in [6.45, 7) is 5.01. The Hall–Kier alpha value is -4.56. The normalized spacial score (nSPS) is 21.1. The summed E-state index contributed by atoms with van der Waals surface area (Å²) in [7, 11) is 1.76. The van der Waals surface area contributed by atoms with Gasteiger partial charge < -0.3 is 9.64 Å². The van der Waals surface area contributed by atoms with Gasteiger partial charge in [0.1, 0.15) is 5.75 Å². The van der Waals surface area contributed by atoms with Crippen LogP contribution in [0.4, 0.5) is 11.4 Å². The molecule has 1 saturated carbocycles. The summed E-state index contributed by atoms with van der Waals surface area (Å²) in [5, 5.41) is 5.21. The highest BCUT2D eigenvalue weighted by Crippen LogP contribution is 2.61. The summed E-state index contributed by atoms with van der Waals surface area (Å²) in [5.74, 6) is 0.903. The second-order valence-electron chi connectivity index (χ2n) is 12.8. The maximum Gasteiger partial charge on any atom is 0.120 e. The first-order valence-electron chi connectivity index (χ1n) is 15.6. The molecule has 0 spiro atoms. The SMILES string of the molecule is COc1cccc(N2c3ccc(-c4c5ccccc5c(-c5ccccc5)c5ccccc45)cc3C3(C)CCCCC23C)c1. The molecule has 2 unspecified atom stereocenters. The van der Waals surface area contributed by atoms with Gasteiger partial charge in [0.25, 0.3) is 0 Å². The van der Waals surface area contributed by atoms with Crippen LogP contribution in [0.2, 0.25) is 0 Å². The van der Waals surface area contributed by atoms with Crippen LogP contribution in [0.5, 0.6) is 5.75 Å². The predicted molar refractivity (Wildman–Crippen MR) is 182 cm³/mol. The van der Waals surface area contributed by atoms with E-state index >= 15 is 0 Å². The molecule has 8 rings (SSSR count). The molecule has 0 saturated heterocycles. The van der Waals surface area contributed by atoms with Crippen molar-refractivity contribution >= 4 is 32.9 Å². The molecule has 2 atom stereocenters. The minimum absolute atomic E-state index is 0.0140. The van der Waals surface area contributed by atoms with E-state index in [1.54, 1.807) is 7.11 Å². The van der Waals surface area contributed by atoms with Crippen LogP contribution in [-0.2, 0) is 5.41 Å². The fraction of sp³-hybridized carbons (Fsp3) is 0.220. The van der Waals surface area contributed by atoms with E-state index in [9.17, 15) is 0 Å². The molecule has 0 amide bonds. The predicted octanol–water partition coefficient (Wildman–Crippen LogP) is 11.1. The van der Waals surface area contributed by atoms with Gasteiger partial charge in [0.05, 0.1) is 12.6 Å². The third-order valence-corrected chi connectivity index (χ3v) is 10.7. The molecule has 1 fully saturated rings. The van der Waals surface area contributed by atoms with Gasteiger partial charge >= 0.3 is 0 Å². The molecule has 2 nitrogen and oxygen atoms in total. The van der Waals surface area contributed by atoms with Crippen LogP contribution in [0.1, 0.15) is 45.1 Å². The standard InChI is InChI=1S/C41H37NO/c1-40-24-11-12-25-41(40,2)42(30-16-13-17-31(27-30)43-3)37-23-22-29(26-36(37)40)39-34-20-9-7-18-32(34)38(28-14-5-4-6-15-28)33-19-8-10-21-35(33)39/h4-10,13-23,26-27H,11-12,24-25H2,1-3H3. The lowest BCUT2D eigenvalue weighted by molar-refractivity contribution is 0.195. The van der Waals surface area contributed by atoms with Crippen molar-refractivity contribution in [1.29, 1.82) is 0 Å². The average molecular weight is 560 g/mol. The zero-order valence-electron chi connectivity index (χ0n) is 25.2. The summed E-state index contributed by atoms with van der Waals surface area (Å²) < 4.78 is 5.67. The largest absolute Gasteiger partial charge is 0.497 e. The molecule has 43 heavy (non-hydrogen) atoms. The van der Waals surface area contributed by atoms with Gasteiger partial charge in [-0.2, -0.15) is 0 Å². The molecule has 0 aromatic heterocycles. The van der Waals surface area contributed by atoms with Crippen molar-refractivity contribution in [3.05, 3.63) is 127 Å². The monoisotopic (exact) mass is 559 g/mol. The Morgan fingerprint density at radius 3 is 1.84 bits per heavy atom. The van der Waals surface area contributed by atoms with Gasteiger partial charge in [-0.3, -0.25) is 0 Å². The number of hydrogen-bond donors (Lipinski definition) is 0. The Morgan fingerprint density at radius 1 is 0.581 bits per heavy atom. The Balaban J connectivity index is 1.40. The second-order valence-corrected chi connectivity index (χ2v) is 12.8. The highest BCUT2D eigenvalue weighted by Gasteiger charge is 2.57. The molecular formula is C41H37NO. The van der Waals surface area contributed by atoms with E-state index in [1.807, 2.05) is 6.07 Å². The molecule has 0 bridgehead atoms. The molecule has 6 aromatic rings. The molecule has 1 aliphatic carbocycles. The highest BCUT2D eigenvalue weighted by molar-refractivity contribution is 6.21. The minimum Gasteiger partial charge on any atom is -0.497 e. The van der Waals surface area contributed by atoms with Crippen molar-refractivity contribution in [3.8, 4) is 28.0 Å². The maximum absolute atomic E-state index is 5.67. The topological polar surface area (TPSA) is 12.5 Å². The first-order valence-corrected chi connectivity index (χ1v) is 15.6. The average Bonchev–Trinajstić information content (AvgIpc) is 3.26. The molecule has 2 heteroatoms. The first kappa shape index (κ1) is 26.1. The number of benzene rings is 6. The summed E-state index contributed by atoms with van der Waals surface area (Å²) >= 11 is 0. The molecule has 0 N–H and O–H groups in total. The molecular weight excluding hydrogens is 522 g/mol. The minimum atomic E-state index is -0.0140. The number of methoxy groups -OCH3 is 1. The Labute approximate surface area is 254 Å². The van der Waals surface area contributed by atoms with E-state index in [2.05, 4.69) is 134 Å². The summed E-state index contributed by atoms with van der Waals surface area (Å²) in [4.78, 5) is 2.63. The smallest absolute Gasteiger partial charge is 0.120 e. The quantitative estimate of drug-likeness (QED) is 0.199. The Bertz CT molecular complexity index is 1950. The lowest BCUT2D eigenvalue weighted by Gasteiger charge is -2.50.